The fourth-order valence-corrected chi connectivity index (χ4v) is 0.951. The van der Waals surface area contributed by atoms with E-state index in [-0.39, 0.29) is 0 Å². The molecule has 0 aliphatic carbocycles. The van der Waals surface area contributed by atoms with Gasteiger partial charge in [0.1, 0.15) is 0 Å². The molecule has 1 nitrogen and oxygen atoms in total. The van der Waals surface area contributed by atoms with E-state index in [4.69, 9.17) is 6.42 Å². The molecule has 0 aromatic heterocycles. The Morgan fingerprint density at radius 2 is 1.77 bits per heavy atom. The molecule has 0 N–H and O–H groups in total. The molecule has 0 aliphatic heterocycles. The number of anilines is 1. The van der Waals surface area contributed by atoms with Crippen LogP contribution in [0.3, 0.4) is 0 Å². The maximum atomic E-state index is 5.02. The summed E-state index contributed by atoms with van der Waals surface area (Å²) in [5.41, 5.74) is 2.11. The minimum Gasteiger partial charge on any atom is -0.378 e. The molecule has 0 saturated heterocycles. The Morgan fingerprint density at radius 3 is 2.23 bits per heavy atom. The largest absolute Gasteiger partial charge is 0.378 e. The molecule has 1 aromatic carbocycles. The zero-order valence-electron chi connectivity index (χ0n) is 7.83. The Balaban J connectivity index is 2.89. The first kappa shape index (κ1) is 9.23. The van der Waals surface area contributed by atoms with Crippen molar-refractivity contribution in [3.05, 3.63) is 29.8 Å². The lowest BCUT2D eigenvalue weighted by Gasteiger charge is -2.11. The smallest absolute Gasteiger partial charge is 0.0361 e. The van der Waals surface area contributed by atoms with E-state index < -0.39 is 0 Å². The Bertz CT molecular complexity index is 368. The van der Waals surface area contributed by atoms with E-state index in [1.807, 2.05) is 43.3 Å². The molecule has 0 unspecified atom stereocenters. The van der Waals surface area contributed by atoms with Gasteiger partial charge in [-0.15, -0.1) is 6.42 Å². The van der Waals surface area contributed by atoms with E-state index in [1.54, 1.807) is 0 Å². The first-order valence-electron chi connectivity index (χ1n) is 3.98. The highest BCUT2D eigenvalue weighted by molar-refractivity contribution is 5.50. The first-order chi connectivity index (χ1) is 6.24. The minimum atomic E-state index is 0.948. The lowest BCUT2D eigenvalue weighted by molar-refractivity contribution is 1.13. The summed E-state index contributed by atoms with van der Waals surface area (Å²) in [5, 5.41) is 0. The van der Waals surface area contributed by atoms with Gasteiger partial charge in [-0.2, -0.15) is 0 Å². The van der Waals surface area contributed by atoms with E-state index in [2.05, 4.69) is 17.8 Å². The topological polar surface area (TPSA) is 3.24 Å². The molecule has 1 heteroatoms. The predicted molar refractivity (Wildman–Crippen MR) is 56.5 cm³/mol. The monoisotopic (exact) mass is 169 g/mol. The summed E-state index contributed by atoms with van der Waals surface area (Å²) in [4.78, 5) is 2.04. The summed E-state index contributed by atoms with van der Waals surface area (Å²) in [6, 6.07) is 7.94. The van der Waals surface area contributed by atoms with Crippen LogP contribution in [0, 0.1) is 24.2 Å². The first-order valence-corrected chi connectivity index (χ1v) is 3.98. The van der Waals surface area contributed by atoms with Crippen LogP contribution < -0.4 is 4.90 Å². The van der Waals surface area contributed by atoms with Crippen molar-refractivity contribution in [1.29, 1.82) is 0 Å². The van der Waals surface area contributed by atoms with E-state index in [9.17, 15) is 0 Å². The van der Waals surface area contributed by atoms with E-state index in [0.717, 1.165) is 11.3 Å². The van der Waals surface area contributed by atoms with Gasteiger partial charge in [-0.3, -0.25) is 0 Å². The fraction of sp³-hybridized carbons (Fsp3) is 0.167. The summed E-state index contributed by atoms with van der Waals surface area (Å²) in [5.74, 6) is 7.72. The Hall–Kier alpha value is -1.86. The standard InChI is InChI=1S/C12H11N/c1-4-5-6-11-7-9-12(10-8-11)13(2)3/h1,7-10H,2-3H3. The summed E-state index contributed by atoms with van der Waals surface area (Å²) in [6.45, 7) is 0. The van der Waals surface area contributed by atoms with Gasteiger partial charge in [-0.1, -0.05) is 5.92 Å². The number of hydrogen-bond donors (Lipinski definition) is 0. The summed E-state index contributed by atoms with van der Waals surface area (Å²) in [7, 11) is 4.00. The lowest BCUT2D eigenvalue weighted by Crippen LogP contribution is -2.07. The molecule has 0 saturated carbocycles. The van der Waals surface area contributed by atoms with Crippen LogP contribution in [-0.4, -0.2) is 14.1 Å². The molecule has 0 heterocycles. The van der Waals surface area contributed by atoms with Gasteiger partial charge in [0.15, 0.2) is 0 Å². The van der Waals surface area contributed by atoms with Gasteiger partial charge in [-0.05, 0) is 36.1 Å². The van der Waals surface area contributed by atoms with Gasteiger partial charge in [0.2, 0.25) is 0 Å². The predicted octanol–water partition coefficient (Wildman–Crippen LogP) is 1.74. The van der Waals surface area contributed by atoms with E-state index >= 15 is 0 Å². The summed E-state index contributed by atoms with van der Waals surface area (Å²) >= 11 is 0. The Kier molecular flexibility index (Phi) is 3.01. The van der Waals surface area contributed by atoms with Crippen LogP contribution in [0.5, 0.6) is 0 Å². The highest BCUT2D eigenvalue weighted by Gasteiger charge is 1.92. The molecule has 0 radical (unpaired) electrons. The second kappa shape index (κ2) is 4.24. The second-order valence-electron chi connectivity index (χ2n) is 2.84. The van der Waals surface area contributed by atoms with Crippen molar-refractivity contribution in [2.45, 2.75) is 0 Å². The van der Waals surface area contributed by atoms with Gasteiger partial charge < -0.3 is 4.90 Å². The number of hydrogen-bond acceptors (Lipinski definition) is 1. The van der Waals surface area contributed by atoms with Crippen molar-refractivity contribution in [2.24, 2.45) is 0 Å². The highest BCUT2D eigenvalue weighted by atomic mass is 15.1. The molecule has 1 rings (SSSR count). The van der Waals surface area contributed by atoms with Crippen LogP contribution in [-0.2, 0) is 0 Å². The van der Waals surface area contributed by atoms with Gasteiger partial charge in [-0.25, -0.2) is 0 Å². The van der Waals surface area contributed by atoms with Gasteiger partial charge in [0, 0.05) is 25.3 Å². The second-order valence-corrected chi connectivity index (χ2v) is 2.84. The lowest BCUT2D eigenvalue weighted by atomic mass is 10.2. The number of rotatable bonds is 1. The van der Waals surface area contributed by atoms with E-state index in [0.29, 0.717) is 0 Å². The zero-order chi connectivity index (χ0) is 9.68. The zero-order valence-corrected chi connectivity index (χ0v) is 7.83. The number of terminal acetylenes is 1. The van der Waals surface area contributed by atoms with Crippen molar-refractivity contribution >= 4 is 5.69 Å². The van der Waals surface area contributed by atoms with Gasteiger partial charge in [0.05, 0.1) is 0 Å². The molecule has 0 bridgehead atoms. The van der Waals surface area contributed by atoms with Crippen LogP contribution in [0.1, 0.15) is 5.56 Å². The quantitative estimate of drug-likeness (QED) is 0.579. The SMILES string of the molecule is C#CC#Cc1ccc(N(C)C)cc1. The van der Waals surface area contributed by atoms with Crippen LogP contribution in [0.2, 0.25) is 0 Å². The van der Waals surface area contributed by atoms with Crippen molar-refractivity contribution in [3.63, 3.8) is 0 Å². The number of nitrogens with zero attached hydrogens (tertiary/aromatic N) is 1. The van der Waals surface area contributed by atoms with Crippen molar-refractivity contribution in [3.8, 4) is 24.2 Å². The molecule has 0 fully saturated rings. The molecule has 1 aromatic rings. The molecule has 64 valence electrons. The summed E-state index contributed by atoms with van der Waals surface area (Å²) in [6.07, 6.45) is 5.02. The fourth-order valence-electron chi connectivity index (χ4n) is 0.951. The van der Waals surface area contributed by atoms with Gasteiger partial charge in [0.25, 0.3) is 0 Å². The molecular weight excluding hydrogens is 158 g/mol. The van der Waals surface area contributed by atoms with Crippen LogP contribution >= 0.6 is 0 Å². The van der Waals surface area contributed by atoms with Crippen molar-refractivity contribution in [1.82, 2.24) is 0 Å². The average Bonchev–Trinajstić information content (AvgIpc) is 2.15. The molecule has 0 atom stereocenters. The Morgan fingerprint density at radius 1 is 1.15 bits per heavy atom. The molecule has 13 heavy (non-hydrogen) atoms. The maximum absolute atomic E-state index is 5.02. The highest BCUT2D eigenvalue weighted by Crippen LogP contribution is 2.11. The van der Waals surface area contributed by atoms with Crippen LogP contribution in [0.4, 0.5) is 5.69 Å². The molecular formula is C12H11N. The third-order valence-corrected chi connectivity index (χ3v) is 1.66. The molecule has 0 aliphatic rings. The summed E-state index contributed by atoms with van der Waals surface area (Å²) < 4.78 is 0. The Labute approximate surface area is 79.4 Å². The molecule has 0 amide bonds. The van der Waals surface area contributed by atoms with Gasteiger partial charge >= 0.3 is 0 Å². The van der Waals surface area contributed by atoms with Crippen molar-refractivity contribution < 1.29 is 0 Å². The van der Waals surface area contributed by atoms with Crippen LogP contribution in [0.25, 0.3) is 0 Å². The normalized spacial score (nSPS) is 8.08. The van der Waals surface area contributed by atoms with Crippen LogP contribution in [0.15, 0.2) is 24.3 Å². The number of benzene rings is 1. The molecule has 0 spiro atoms. The maximum Gasteiger partial charge on any atom is 0.0361 e. The van der Waals surface area contributed by atoms with Crippen molar-refractivity contribution in [2.75, 3.05) is 19.0 Å². The average molecular weight is 169 g/mol. The van der Waals surface area contributed by atoms with E-state index in [1.165, 1.54) is 0 Å². The third kappa shape index (κ3) is 2.58. The third-order valence-electron chi connectivity index (χ3n) is 1.66. The minimum absolute atomic E-state index is 0.948.